The second kappa shape index (κ2) is 5.22. The number of hydrogen-bond donors (Lipinski definition) is 0. The van der Waals surface area contributed by atoms with Crippen LogP contribution in [-0.4, -0.2) is 32.3 Å². The van der Waals surface area contributed by atoms with Gasteiger partial charge in [0.1, 0.15) is 5.76 Å². The van der Waals surface area contributed by atoms with Crippen LogP contribution in [0.1, 0.15) is 70.8 Å². The summed E-state index contributed by atoms with van der Waals surface area (Å²) in [6, 6.07) is 1.93. The van der Waals surface area contributed by atoms with E-state index in [0.717, 1.165) is 49.4 Å². The minimum absolute atomic E-state index is 0.0224. The molecule has 1 saturated heterocycles. The molecular formula is C17H22N4O2. The van der Waals surface area contributed by atoms with Crippen LogP contribution in [0.2, 0.25) is 0 Å². The third kappa shape index (κ3) is 2.36. The number of rotatable bonds is 3. The zero-order chi connectivity index (χ0) is 16.1. The highest BCUT2D eigenvalue weighted by atomic mass is 16.5. The van der Waals surface area contributed by atoms with E-state index in [4.69, 9.17) is 4.52 Å². The summed E-state index contributed by atoms with van der Waals surface area (Å²) < 4.78 is 7.24. The molecule has 0 N–H and O–H groups in total. The van der Waals surface area contributed by atoms with E-state index in [2.05, 4.69) is 17.2 Å². The Kier molecular flexibility index (Phi) is 3.28. The van der Waals surface area contributed by atoms with Gasteiger partial charge in [-0.05, 0) is 39.5 Å². The van der Waals surface area contributed by atoms with Gasteiger partial charge in [0.25, 0.3) is 5.91 Å². The second-order valence-corrected chi connectivity index (χ2v) is 6.75. The molecule has 6 nitrogen and oxygen atoms in total. The van der Waals surface area contributed by atoms with Crippen LogP contribution in [0.3, 0.4) is 0 Å². The lowest BCUT2D eigenvalue weighted by Gasteiger charge is -2.24. The fraction of sp³-hybridized carbons (Fsp3) is 0.588. The Morgan fingerprint density at radius 2 is 2.09 bits per heavy atom. The molecule has 0 bridgehead atoms. The van der Waals surface area contributed by atoms with E-state index >= 15 is 0 Å². The Hall–Kier alpha value is -2.11. The van der Waals surface area contributed by atoms with Crippen molar-refractivity contribution >= 4 is 5.91 Å². The van der Waals surface area contributed by atoms with Gasteiger partial charge in [0.05, 0.1) is 11.7 Å². The Morgan fingerprint density at radius 3 is 2.74 bits per heavy atom. The van der Waals surface area contributed by atoms with Crippen LogP contribution in [0, 0.1) is 13.8 Å². The van der Waals surface area contributed by atoms with E-state index < -0.39 is 0 Å². The Morgan fingerprint density at radius 1 is 1.30 bits per heavy atom. The van der Waals surface area contributed by atoms with Crippen molar-refractivity contribution in [3.05, 3.63) is 34.5 Å². The maximum absolute atomic E-state index is 12.9. The molecule has 1 amide bonds. The quantitative estimate of drug-likeness (QED) is 0.874. The van der Waals surface area contributed by atoms with Crippen molar-refractivity contribution in [1.82, 2.24) is 19.8 Å². The molecule has 0 radical (unpaired) electrons. The molecule has 4 rings (SSSR count). The van der Waals surface area contributed by atoms with Gasteiger partial charge in [-0.25, -0.2) is 0 Å². The van der Waals surface area contributed by atoms with E-state index in [1.165, 1.54) is 5.56 Å². The summed E-state index contributed by atoms with van der Waals surface area (Å²) in [6.45, 7) is 4.85. The first-order valence-corrected chi connectivity index (χ1v) is 8.34. The molecule has 2 aromatic heterocycles. The van der Waals surface area contributed by atoms with Crippen molar-refractivity contribution in [3.8, 4) is 0 Å². The number of aryl methyl sites for hydroxylation is 2. The smallest absolute Gasteiger partial charge is 0.276 e. The average Bonchev–Trinajstić information content (AvgIpc) is 2.96. The van der Waals surface area contributed by atoms with Crippen molar-refractivity contribution in [2.24, 2.45) is 7.05 Å². The summed E-state index contributed by atoms with van der Waals surface area (Å²) in [6.07, 6.45) is 4.27. The molecule has 122 valence electrons. The highest BCUT2D eigenvalue weighted by Crippen LogP contribution is 2.41. The van der Waals surface area contributed by atoms with E-state index in [0.29, 0.717) is 11.6 Å². The lowest BCUT2D eigenvalue weighted by atomic mass is 10.0. The first-order chi connectivity index (χ1) is 11.1. The molecule has 23 heavy (non-hydrogen) atoms. The summed E-state index contributed by atoms with van der Waals surface area (Å²) in [4.78, 5) is 14.8. The maximum atomic E-state index is 12.9. The second-order valence-electron chi connectivity index (χ2n) is 6.75. The van der Waals surface area contributed by atoms with Crippen molar-refractivity contribution in [1.29, 1.82) is 0 Å². The number of amides is 1. The van der Waals surface area contributed by atoms with E-state index in [1.54, 1.807) is 0 Å². The predicted molar refractivity (Wildman–Crippen MR) is 84.2 cm³/mol. The fourth-order valence-corrected chi connectivity index (χ4v) is 3.68. The number of hydrogen-bond acceptors (Lipinski definition) is 4. The molecule has 2 aliphatic rings. The van der Waals surface area contributed by atoms with E-state index in [1.807, 2.05) is 29.6 Å². The highest BCUT2D eigenvalue weighted by Gasteiger charge is 2.36. The van der Waals surface area contributed by atoms with Crippen molar-refractivity contribution in [2.75, 3.05) is 6.54 Å². The van der Waals surface area contributed by atoms with Crippen LogP contribution in [0.4, 0.5) is 0 Å². The molecule has 1 aliphatic carbocycles. The molecular weight excluding hydrogens is 292 g/mol. The number of nitrogens with zero attached hydrogens (tertiary/aromatic N) is 4. The molecule has 2 fully saturated rings. The Bertz CT molecular complexity index is 757. The third-order valence-electron chi connectivity index (χ3n) is 5.14. The summed E-state index contributed by atoms with van der Waals surface area (Å²) in [7, 11) is 1.95. The third-order valence-corrected chi connectivity index (χ3v) is 5.14. The van der Waals surface area contributed by atoms with Gasteiger partial charge in [-0.1, -0.05) is 5.16 Å². The van der Waals surface area contributed by atoms with Crippen molar-refractivity contribution < 1.29 is 9.32 Å². The van der Waals surface area contributed by atoms with Crippen molar-refractivity contribution in [2.45, 2.75) is 51.5 Å². The molecule has 0 spiro atoms. The van der Waals surface area contributed by atoms with Crippen LogP contribution in [0.5, 0.6) is 0 Å². The van der Waals surface area contributed by atoms with E-state index in [-0.39, 0.29) is 11.9 Å². The van der Waals surface area contributed by atoms with Gasteiger partial charge >= 0.3 is 0 Å². The molecule has 1 atom stereocenters. The lowest BCUT2D eigenvalue weighted by molar-refractivity contribution is 0.0724. The molecule has 6 heteroatoms. The van der Waals surface area contributed by atoms with Gasteiger partial charge in [0.2, 0.25) is 0 Å². The topological polar surface area (TPSA) is 64.2 Å². The number of carbonyl (C=O) groups is 1. The number of carbonyl (C=O) groups excluding carboxylic acids is 1. The monoisotopic (exact) mass is 314 g/mol. The molecule has 0 aromatic carbocycles. The van der Waals surface area contributed by atoms with Gasteiger partial charge in [-0.2, -0.15) is 5.10 Å². The van der Waals surface area contributed by atoms with E-state index in [9.17, 15) is 4.79 Å². The molecule has 3 heterocycles. The van der Waals surface area contributed by atoms with Crippen LogP contribution in [-0.2, 0) is 7.05 Å². The Balaban J connectivity index is 1.62. The van der Waals surface area contributed by atoms with Crippen molar-refractivity contribution in [3.63, 3.8) is 0 Å². The highest BCUT2D eigenvalue weighted by molar-refractivity contribution is 5.92. The normalized spacial score (nSPS) is 21.2. The molecule has 1 saturated carbocycles. The summed E-state index contributed by atoms with van der Waals surface area (Å²) in [5, 5.41) is 8.51. The molecule has 1 aliphatic heterocycles. The SMILES string of the molecule is Cc1nn(C)c(C)c1C1CCCN1C(=O)c1cc(C2CC2)on1. The van der Waals surface area contributed by atoms with Crippen LogP contribution in [0.15, 0.2) is 10.6 Å². The van der Waals surface area contributed by atoms with Crippen LogP contribution < -0.4 is 0 Å². The lowest BCUT2D eigenvalue weighted by Crippen LogP contribution is -2.31. The van der Waals surface area contributed by atoms with Gasteiger partial charge in [-0.15, -0.1) is 0 Å². The summed E-state index contributed by atoms with van der Waals surface area (Å²) in [5.41, 5.74) is 3.77. The minimum atomic E-state index is -0.0224. The first-order valence-electron chi connectivity index (χ1n) is 8.34. The van der Waals surface area contributed by atoms with Gasteiger partial charge in [0, 0.05) is 36.8 Å². The van der Waals surface area contributed by atoms with Crippen LogP contribution >= 0.6 is 0 Å². The molecule has 2 aromatic rings. The average molecular weight is 314 g/mol. The number of aromatic nitrogens is 3. The predicted octanol–water partition coefficient (Wildman–Crippen LogP) is 2.88. The van der Waals surface area contributed by atoms with Gasteiger partial charge in [0.15, 0.2) is 5.69 Å². The van der Waals surface area contributed by atoms with Crippen LogP contribution in [0.25, 0.3) is 0 Å². The standard InChI is InChI=1S/C17H22N4O2/c1-10-16(11(2)20(3)18-10)14-5-4-8-21(14)17(22)13-9-15(23-19-13)12-6-7-12/h9,12,14H,4-8H2,1-3H3. The zero-order valence-electron chi connectivity index (χ0n) is 13.9. The molecule has 1 unspecified atom stereocenters. The maximum Gasteiger partial charge on any atom is 0.276 e. The fourth-order valence-electron chi connectivity index (χ4n) is 3.68. The zero-order valence-corrected chi connectivity index (χ0v) is 13.9. The number of likely N-dealkylation sites (tertiary alicyclic amines) is 1. The largest absolute Gasteiger partial charge is 0.360 e. The summed E-state index contributed by atoms with van der Waals surface area (Å²) in [5.74, 6) is 1.31. The van der Waals surface area contributed by atoms with Gasteiger partial charge in [-0.3, -0.25) is 9.48 Å². The Labute approximate surface area is 135 Å². The van der Waals surface area contributed by atoms with Gasteiger partial charge < -0.3 is 9.42 Å². The summed E-state index contributed by atoms with van der Waals surface area (Å²) >= 11 is 0. The first kappa shape index (κ1) is 14.5. The minimum Gasteiger partial charge on any atom is -0.360 e.